The van der Waals surface area contributed by atoms with Gasteiger partial charge in [0.1, 0.15) is 0 Å². The molecule has 20 heavy (non-hydrogen) atoms. The molecule has 0 unspecified atom stereocenters. The Morgan fingerprint density at radius 2 is 1.55 bits per heavy atom. The van der Waals surface area contributed by atoms with E-state index in [0.717, 1.165) is 24.9 Å². The second-order valence-electron chi connectivity index (χ2n) is 5.78. The topological polar surface area (TPSA) is 12.0 Å². The molecule has 2 aromatic carbocycles. The lowest BCUT2D eigenvalue weighted by Crippen LogP contribution is -2.35. The van der Waals surface area contributed by atoms with E-state index in [2.05, 4.69) is 59.9 Å². The van der Waals surface area contributed by atoms with Crippen LogP contribution in [0.5, 0.6) is 0 Å². The van der Waals surface area contributed by atoms with Gasteiger partial charge in [-0.3, -0.25) is 0 Å². The Bertz CT molecular complexity index is 581. The quantitative estimate of drug-likeness (QED) is 0.837. The second kappa shape index (κ2) is 5.59. The van der Waals surface area contributed by atoms with Gasteiger partial charge in [-0.25, -0.2) is 0 Å². The molecule has 1 saturated heterocycles. The summed E-state index contributed by atoms with van der Waals surface area (Å²) in [5.74, 6) is 2.06. The molecule has 1 N–H and O–H groups in total. The molecule has 104 valence electrons. The third kappa shape index (κ3) is 2.06. The normalized spacial score (nSPS) is 27.3. The highest BCUT2D eigenvalue weighted by Gasteiger charge is 2.41. The van der Waals surface area contributed by atoms with Crippen LogP contribution in [0.3, 0.4) is 0 Å². The molecule has 2 aromatic rings. The Labute approximate surface area is 126 Å². The van der Waals surface area contributed by atoms with E-state index in [-0.39, 0.29) is 12.4 Å². The van der Waals surface area contributed by atoms with Crippen LogP contribution >= 0.6 is 12.4 Å². The van der Waals surface area contributed by atoms with Crippen LogP contribution in [0.1, 0.15) is 34.9 Å². The minimum atomic E-state index is 0. The van der Waals surface area contributed by atoms with E-state index >= 15 is 0 Å². The van der Waals surface area contributed by atoms with E-state index in [4.69, 9.17) is 0 Å². The minimum Gasteiger partial charge on any atom is -0.316 e. The molecule has 1 fully saturated rings. The Morgan fingerprint density at radius 3 is 2.35 bits per heavy atom. The molecule has 3 atom stereocenters. The Balaban J connectivity index is 0.00000121. The van der Waals surface area contributed by atoms with Crippen LogP contribution in [0.25, 0.3) is 0 Å². The van der Waals surface area contributed by atoms with Crippen LogP contribution in [-0.2, 0) is 0 Å². The van der Waals surface area contributed by atoms with Crippen molar-refractivity contribution < 1.29 is 0 Å². The summed E-state index contributed by atoms with van der Waals surface area (Å²) in [6.45, 7) is 2.32. The van der Waals surface area contributed by atoms with Crippen LogP contribution in [0.15, 0.2) is 54.6 Å². The molecule has 1 nitrogen and oxygen atoms in total. The Hall–Kier alpha value is -1.31. The van der Waals surface area contributed by atoms with Gasteiger partial charge in [-0.1, -0.05) is 54.6 Å². The summed E-state index contributed by atoms with van der Waals surface area (Å²) in [6.07, 6.45) is 1.28. The maximum absolute atomic E-state index is 3.59. The van der Waals surface area contributed by atoms with E-state index in [0.29, 0.717) is 5.92 Å². The van der Waals surface area contributed by atoms with E-state index in [9.17, 15) is 0 Å². The van der Waals surface area contributed by atoms with Crippen molar-refractivity contribution in [1.29, 1.82) is 0 Å². The summed E-state index contributed by atoms with van der Waals surface area (Å²) in [7, 11) is 0. The maximum atomic E-state index is 3.59. The van der Waals surface area contributed by atoms with E-state index in [1.165, 1.54) is 12.0 Å². The summed E-state index contributed by atoms with van der Waals surface area (Å²) in [5.41, 5.74) is 4.64. The highest BCUT2D eigenvalue weighted by molar-refractivity contribution is 5.85. The van der Waals surface area contributed by atoms with Crippen molar-refractivity contribution in [2.24, 2.45) is 5.92 Å². The predicted octanol–water partition coefficient (Wildman–Crippen LogP) is 3.95. The van der Waals surface area contributed by atoms with Crippen LogP contribution in [0, 0.1) is 5.92 Å². The zero-order chi connectivity index (χ0) is 12.7. The number of fused-ring (bicyclic) bond motifs is 3. The van der Waals surface area contributed by atoms with Crippen LogP contribution in [0.2, 0.25) is 0 Å². The summed E-state index contributed by atoms with van der Waals surface area (Å²) in [6, 6.07) is 20.1. The standard InChI is InChI=1S/C18H19N.ClH/c1-2-6-13(7-3-1)18-16-9-5-4-8-14(16)15-10-11-19-12-17(15)18;/h1-9,15,17-19H,10-12H2;1H/t15-,17-,18+;/m0./s1. The number of benzene rings is 2. The Kier molecular flexibility index (Phi) is 3.82. The molecule has 0 amide bonds. The highest BCUT2D eigenvalue weighted by Crippen LogP contribution is 2.51. The molecule has 0 spiro atoms. The number of piperidine rings is 1. The summed E-state index contributed by atoms with van der Waals surface area (Å²) in [4.78, 5) is 0. The zero-order valence-corrected chi connectivity index (χ0v) is 12.3. The summed E-state index contributed by atoms with van der Waals surface area (Å²) in [5, 5.41) is 3.59. The summed E-state index contributed by atoms with van der Waals surface area (Å²) < 4.78 is 0. The first-order valence-electron chi connectivity index (χ1n) is 7.29. The van der Waals surface area contributed by atoms with E-state index in [1.54, 1.807) is 11.1 Å². The number of rotatable bonds is 1. The monoisotopic (exact) mass is 285 g/mol. The van der Waals surface area contributed by atoms with Gasteiger partial charge >= 0.3 is 0 Å². The van der Waals surface area contributed by atoms with Crippen molar-refractivity contribution in [2.45, 2.75) is 18.3 Å². The van der Waals surface area contributed by atoms with Gasteiger partial charge in [0.15, 0.2) is 0 Å². The smallest absolute Gasteiger partial charge is 0.0138 e. The van der Waals surface area contributed by atoms with Gasteiger partial charge in [-0.05, 0) is 48.0 Å². The molecule has 2 aliphatic rings. The third-order valence-corrected chi connectivity index (χ3v) is 4.85. The first-order chi connectivity index (χ1) is 9.45. The zero-order valence-electron chi connectivity index (χ0n) is 11.5. The van der Waals surface area contributed by atoms with Gasteiger partial charge in [0.05, 0.1) is 0 Å². The van der Waals surface area contributed by atoms with Crippen LogP contribution in [0.4, 0.5) is 0 Å². The Morgan fingerprint density at radius 1 is 0.850 bits per heavy atom. The van der Waals surface area contributed by atoms with Crippen molar-refractivity contribution >= 4 is 12.4 Å². The molecular weight excluding hydrogens is 266 g/mol. The molecule has 0 radical (unpaired) electrons. The highest BCUT2D eigenvalue weighted by atomic mass is 35.5. The van der Waals surface area contributed by atoms with Gasteiger partial charge < -0.3 is 5.32 Å². The minimum absolute atomic E-state index is 0. The number of halogens is 1. The molecule has 0 saturated carbocycles. The maximum Gasteiger partial charge on any atom is 0.0138 e. The fourth-order valence-corrected chi connectivity index (χ4v) is 4.07. The lowest BCUT2D eigenvalue weighted by atomic mass is 9.79. The molecule has 4 rings (SSSR count). The van der Waals surface area contributed by atoms with Crippen molar-refractivity contribution in [2.75, 3.05) is 13.1 Å². The molecule has 2 heteroatoms. The number of nitrogens with one attached hydrogen (secondary N) is 1. The van der Waals surface area contributed by atoms with E-state index in [1.807, 2.05) is 0 Å². The predicted molar refractivity (Wildman–Crippen MR) is 85.7 cm³/mol. The SMILES string of the molecule is Cl.c1ccc([C@@H]2c3ccccc3[C@@H]3CCNC[C@H]23)cc1. The number of hydrogen-bond acceptors (Lipinski definition) is 1. The fraction of sp³-hybridized carbons (Fsp3) is 0.333. The molecule has 0 bridgehead atoms. The van der Waals surface area contributed by atoms with Crippen molar-refractivity contribution in [3.63, 3.8) is 0 Å². The van der Waals surface area contributed by atoms with Crippen molar-refractivity contribution in [1.82, 2.24) is 5.32 Å². The van der Waals surface area contributed by atoms with E-state index < -0.39 is 0 Å². The number of hydrogen-bond donors (Lipinski definition) is 1. The average molecular weight is 286 g/mol. The van der Waals surface area contributed by atoms with Crippen LogP contribution < -0.4 is 5.32 Å². The fourth-order valence-electron chi connectivity index (χ4n) is 4.07. The third-order valence-electron chi connectivity index (χ3n) is 4.85. The molecule has 1 heterocycles. The van der Waals surface area contributed by atoms with Crippen molar-refractivity contribution in [3.8, 4) is 0 Å². The second-order valence-corrected chi connectivity index (χ2v) is 5.78. The van der Waals surface area contributed by atoms with Crippen LogP contribution in [-0.4, -0.2) is 13.1 Å². The molecule has 1 aliphatic carbocycles. The lowest BCUT2D eigenvalue weighted by Gasteiger charge is -2.30. The first kappa shape index (κ1) is 13.7. The largest absolute Gasteiger partial charge is 0.316 e. The lowest BCUT2D eigenvalue weighted by molar-refractivity contribution is 0.327. The molecular formula is C18H20ClN. The van der Waals surface area contributed by atoms with Gasteiger partial charge in [-0.15, -0.1) is 12.4 Å². The van der Waals surface area contributed by atoms with Gasteiger partial charge in [0.25, 0.3) is 0 Å². The molecule has 1 aliphatic heterocycles. The first-order valence-corrected chi connectivity index (χ1v) is 7.29. The van der Waals surface area contributed by atoms with Gasteiger partial charge in [0.2, 0.25) is 0 Å². The average Bonchev–Trinajstić information content (AvgIpc) is 2.83. The van der Waals surface area contributed by atoms with Gasteiger partial charge in [0, 0.05) is 5.92 Å². The summed E-state index contributed by atoms with van der Waals surface area (Å²) >= 11 is 0. The molecule has 0 aromatic heterocycles. The van der Waals surface area contributed by atoms with Crippen molar-refractivity contribution in [3.05, 3.63) is 71.3 Å². The van der Waals surface area contributed by atoms with Gasteiger partial charge in [-0.2, -0.15) is 0 Å².